The summed E-state index contributed by atoms with van der Waals surface area (Å²) in [6, 6.07) is 7.82. The van der Waals surface area contributed by atoms with E-state index in [1.165, 1.54) is 4.90 Å². The van der Waals surface area contributed by atoms with Crippen LogP contribution < -0.4 is 10.2 Å². The lowest BCUT2D eigenvalue weighted by molar-refractivity contribution is -0.129. The Morgan fingerprint density at radius 3 is 2.67 bits per heavy atom. The minimum Gasteiger partial charge on any atom is -0.356 e. The predicted molar refractivity (Wildman–Crippen MR) is 95.1 cm³/mol. The number of hydrogen-bond acceptors (Lipinski definition) is 4. The van der Waals surface area contributed by atoms with Crippen LogP contribution in [0.5, 0.6) is 0 Å². The Labute approximate surface area is 146 Å². The third kappa shape index (κ3) is 4.99. The highest BCUT2D eigenvalue weighted by atomic mass is 32.2. The van der Waals surface area contributed by atoms with Crippen LogP contribution in [-0.4, -0.2) is 55.6 Å². The first kappa shape index (κ1) is 18.3. The van der Waals surface area contributed by atoms with Gasteiger partial charge in [-0.2, -0.15) is 0 Å². The summed E-state index contributed by atoms with van der Waals surface area (Å²) >= 11 is 1.74. The number of anilines is 1. The highest BCUT2D eigenvalue weighted by molar-refractivity contribution is 7.99. The minimum absolute atomic E-state index is 0.0335. The average Bonchev–Trinajstić information content (AvgIpc) is 2.59. The van der Waals surface area contributed by atoms with Gasteiger partial charge >= 0.3 is 0 Å². The zero-order valence-corrected chi connectivity index (χ0v) is 14.9. The quantitative estimate of drug-likeness (QED) is 0.845. The van der Waals surface area contributed by atoms with Gasteiger partial charge in [-0.25, -0.2) is 0 Å². The van der Waals surface area contributed by atoms with Crippen molar-refractivity contribution < 1.29 is 14.4 Å². The highest BCUT2D eigenvalue weighted by Crippen LogP contribution is 2.34. The fraction of sp³-hybridized carbons (Fsp3) is 0.471. The van der Waals surface area contributed by atoms with Crippen LogP contribution in [0.1, 0.15) is 19.3 Å². The number of fused-ring (bicyclic) bond motifs is 1. The largest absolute Gasteiger partial charge is 0.356 e. The number of carbonyl (C=O) groups is 3. The van der Waals surface area contributed by atoms with Gasteiger partial charge in [0.05, 0.1) is 5.69 Å². The maximum Gasteiger partial charge on any atom is 0.227 e. The molecule has 2 rings (SSSR count). The van der Waals surface area contributed by atoms with Crippen molar-refractivity contribution in [1.82, 2.24) is 10.2 Å². The normalized spacial score (nSPS) is 13.2. The van der Waals surface area contributed by atoms with Crippen molar-refractivity contribution in [2.45, 2.75) is 24.2 Å². The van der Waals surface area contributed by atoms with Crippen molar-refractivity contribution in [3.8, 4) is 0 Å². The Morgan fingerprint density at radius 2 is 1.92 bits per heavy atom. The highest BCUT2D eigenvalue weighted by Gasteiger charge is 2.22. The lowest BCUT2D eigenvalue weighted by atomic mass is 10.2. The number of amides is 3. The molecule has 0 saturated heterocycles. The molecule has 0 saturated carbocycles. The summed E-state index contributed by atoms with van der Waals surface area (Å²) < 4.78 is 0. The Morgan fingerprint density at radius 1 is 1.17 bits per heavy atom. The van der Waals surface area contributed by atoms with E-state index in [0.29, 0.717) is 13.1 Å². The number of thioether (sulfide) groups is 1. The first-order valence-corrected chi connectivity index (χ1v) is 8.96. The SMILES string of the molecule is CN(C)C(=O)CCNC(=O)CCC(=O)N1CCSc2ccccc21. The third-order valence-electron chi connectivity index (χ3n) is 3.76. The van der Waals surface area contributed by atoms with Crippen LogP contribution in [0.25, 0.3) is 0 Å². The van der Waals surface area contributed by atoms with Gasteiger partial charge in [-0.05, 0) is 12.1 Å². The smallest absolute Gasteiger partial charge is 0.227 e. The molecule has 0 fully saturated rings. The number of para-hydroxylation sites is 1. The van der Waals surface area contributed by atoms with Crippen LogP contribution in [0.15, 0.2) is 29.2 Å². The molecule has 1 aliphatic rings. The van der Waals surface area contributed by atoms with Gasteiger partial charge in [-0.3, -0.25) is 14.4 Å². The summed E-state index contributed by atoms with van der Waals surface area (Å²) in [6.45, 7) is 0.965. The molecular weight excluding hydrogens is 326 g/mol. The standard InChI is InChI=1S/C17H23N3O3S/c1-19(2)16(22)9-10-18-15(21)7-8-17(23)20-11-12-24-14-6-4-3-5-13(14)20/h3-6H,7-12H2,1-2H3,(H,18,21). The fourth-order valence-corrected chi connectivity index (χ4v) is 3.40. The summed E-state index contributed by atoms with van der Waals surface area (Å²) in [5, 5.41) is 2.68. The Kier molecular flexibility index (Phi) is 6.66. The molecule has 1 aromatic carbocycles. The van der Waals surface area contributed by atoms with E-state index in [9.17, 15) is 14.4 Å². The number of rotatable bonds is 6. The Hall–Kier alpha value is -2.02. The van der Waals surface area contributed by atoms with Gasteiger partial charge in [0.1, 0.15) is 0 Å². The summed E-state index contributed by atoms with van der Waals surface area (Å²) in [7, 11) is 3.36. The number of carbonyl (C=O) groups excluding carboxylic acids is 3. The Bertz CT molecular complexity index is 619. The van der Waals surface area contributed by atoms with E-state index in [1.807, 2.05) is 24.3 Å². The molecule has 24 heavy (non-hydrogen) atoms. The van der Waals surface area contributed by atoms with Crippen molar-refractivity contribution in [2.75, 3.05) is 37.8 Å². The molecule has 0 bridgehead atoms. The van der Waals surface area contributed by atoms with Crippen LogP contribution in [0, 0.1) is 0 Å². The third-order valence-corrected chi connectivity index (χ3v) is 4.80. The molecular formula is C17H23N3O3S. The van der Waals surface area contributed by atoms with Crippen LogP contribution in [0.4, 0.5) is 5.69 Å². The van der Waals surface area contributed by atoms with Crippen LogP contribution in [-0.2, 0) is 14.4 Å². The van der Waals surface area contributed by atoms with Crippen molar-refractivity contribution >= 4 is 35.2 Å². The summed E-state index contributed by atoms with van der Waals surface area (Å²) in [4.78, 5) is 40.0. The van der Waals surface area contributed by atoms with E-state index in [0.717, 1.165) is 16.3 Å². The van der Waals surface area contributed by atoms with E-state index in [4.69, 9.17) is 0 Å². The molecule has 0 unspecified atom stereocenters. The summed E-state index contributed by atoms with van der Waals surface area (Å²) in [5.41, 5.74) is 0.927. The van der Waals surface area contributed by atoms with Crippen LogP contribution in [0.3, 0.4) is 0 Å². The van der Waals surface area contributed by atoms with E-state index in [2.05, 4.69) is 5.32 Å². The maximum atomic E-state index is 12.4. The van der Waals surface area contributed by atoms with E-state index in [1.54, 1.807) is 30.8 Å². The summed E-state index contributed by atoms with van der Waals surface area (Å²) in [5.74, 6) is 0.590. The minimum atomic E-state index is -0.199. The molecule has 0 atom stereocenters. The lowest BCUT2D eigenvalue weighted by Crippen LogP contribution is -2.36. The monoisotopic (exact) mass is 349 g/mol. The fourth-order valence-electron chi connectivity index (χ4n) is 2.40. The topological polar surface area (TPSA) is 69.7 Å². The van der Waals surface area contributed by atoms with Crippen molar-refractivity contribution in [3.63, 3.8) is 0 Å². The second-order valence-electron chi connectivity index (χ2n) is 5.75. The first-order chi connectivity index (χ1) is 11.5. The molecule has 1 aliphatic heterocycles. The zero-order valence-electron chi connectivity index (χ0n) is 14.1. The van der Waals surface area contributed by atoms with E-state index < -0.39 is 0 Å². The second-order valence-corrected chi connectivity index (χ2v) is 6.89. The lowest BCUT2D eigenvalue weighted by Gasteiger charge is -2.29. The van der Waals surface area contributed by atoms with Gasteiger partial charge in [0.25, 0.3) is 0 Å². The zero-order chi connectivity index (χ0) is 17.5. The van der Waals surface area contributed by atoms with Gasteiger partial charge in [0, 0.05) is 57.1 Å². The molecule has 1 heterocycles. The van der Waals surface area contributed by atoms with Crippen molar-refractivity contribution in [1.29, 1.82) is 0 Å². The molecule has 0 spiro atoms. The first-order valence-electron chi connectivity index (χ1n) is 7.98. The number of benzene rings is 1. The Balaban J connectivity index is 1.77. The number of hydrogen-bond donors (Lipinski definition) is 1. The van der Waals surface area contributed by atoms with Crippen molar-refractivity contribution in [3.05, 3.63) is 24.3 Å². The molecule has 1 aromatic rings. The molecule has 0 radical (unpaired) electrons. The van der Waals surface area contributed by atoms with Gasteiger partial charge in [-0.15, -0.1) is 11.8 Å². The second kappa shape index (κ2) is 8.73. The molecule has 130 valence electrons. The average molecular weight is 349 g/mol. The van der Waals surface area contributed by atoms with Gasteiger partial charge in [-0.1, -0.05) is 12.1 Å². The van der Waals surface area contributed by atoms with Crippen LogP contribution >= 0.6 is 11.8 Å². The molecule has 7 heteroatoms. The molecule has 3 amide bonds. The van der Waals surface area contributed by atoms with Gasteiger partial charge < -0.3 is 15.1 Å². The van der Waals surface area contributed by atoms with Gasteiger partial charge in [0.15, 0.2) is 0 Å². The molecule has 0 aliphatic carbocycles. The predicted octanol–water partition coefficient (Wildman–Crippen LogP) is 1.50. The van der Waals surface area contributed by atoms with Gasteiger partial charge in [0.2, 0.25) is 17.7 Å². The maximum absolute atomic E-state index is 12.4. The van der Waals surface area contributed by atoms with Crippen LogP contribution in [0.2, 0.25) is 0 Å². The molecule has 1 N–H and O–H groups in total. The molecule has 0 aromatic heterocycles. The summed E-state index contributed by atoms with van der Waals surface area (Å²) in [6.07, 6.45) is 0.580. The van der Waals surface area contributed by atoms with E-state index in [-0.39, 0.29) is 37.0 Å². The number of nitrogens with one attached hydrogen (secondary N) is 1. The molecule has 6 nitrogen and oxygen atoms in total. The van der Waals surface area contributed by atoms with E-state index >= 15 is 0 Å². The number of nitrogens with zero attached hydrogens (tertiary/aromatic N) is 2. The van der Waals surface area contributed by atoms with Crippen molar-refractivity contribution in [2.24, 2.45) is 0 Å².